The third-order valence-electron chi connectivity index (χ3n) is 1.81. The third kappa shape index (κ3) is 3.76. The van der Waals surface area contributed by atoms with E-state index in [1.807, 2.05) is 12.3 Å². The van der Waals surface area contributed by atoms with E-state index in [0.29, 0.717) is 6.04 Å². The number of rotatable bonds is 5. The number of aromatic nitrogens is 1. The van der Waals surface area contributed by atoms with Gasteiger partial charge in [0.25, 0.3) is 0 Å². The Kier molecular flexibility index (Phi) is 4.82. The van der Waals surface area contributed by atoms with Crippen LogP contribution in [-0.2, 0) is 6.42 Å². The van der Waals surface area contributed by atoms with E-state index in [0.717, 1.165) is 12.2 Å². The lowest BCUT2D eigenvalue weighted by Gasteiger charge is -2.13. The summed E-state index contributed by atoms with van der Waals surface area (Å²) in [6.07, 6.45) is 6.67. The van der Waals surface area contributed by atoms with Gasteiger partial charge in [0.15, 0.2) is 0 Å². The summed E-state index contributed by atoms with van der Waals surface area (Å²) in [6.45, 7) is 0. The molecule has 1 rings (SSSR count). The molecule has 1 unspecified atom stereocenters. The summed E-state index contributed by atoms with van der Waals surface area (Å²) in [5, 5.41) is 0. The van der Waals surface area contributed by atoms with Crippen LogP contribution in [-0.4, -0.2) is 23.0 Å². The molecule has 0 saturated heterocycles. The van der Waals surface area contributed by atoms with Crippen LogP contribution in [0.15, 0.2) is 24.5 Å². The molecule has 3 N–H and O–H groups in total. The van der Waals surface area contributed by atoms with Crippen molar-refractivity contribution < 1.29 is 0 Å². The predicted molar refractivity (Wildman–Crippen MR) is 57.4 cm³/mol. The van der Waals surface area contributed by atoms with E-state index < -0.39 is 0 Å². The van der Waals surface area contributed by atoms with Crippen molar-refractivity contribution in [1.82, 2.24) is 10.4 Å². The van der Waals surface area contributed by atoms with Crippen molar-refractivity contribution in [3.63, 3.8) is 0 Å². The number of hydrogen-bond donors (Lipinski definition) is 2. The fraction of sp³-hybridized carbons (Fsp3) is 0.444. The Morgan fingerprint density at radius 3 is 3.08 bits per heavy atom. The number of nitrogens with zero attached hydrogens (tertiary/aromatic N) is 1. The molecule has 0 saturated carbocycles. The van der Waals surface area contributed by atoms with Crippen molar-refractivity contribution >= 4 is 11.8 Å². The minimum absolute atomic E-state index is 0.333. The minimum Gasteiger partial charge on any atom is -0.271 e. The Bertz CT molecular complexity index is 228. The zero-order valence-electron chi connectivity index (χ0n) is 7.73. The van der Waals surface area contributed by atoms with Gasteiger partial charge in [0.2, 0.25) is 0 Å². The average Bonchev–Trinajstić information content (AvgIpc) is 2.19. The van der Waals surface area contributed by atoms with Crippen LogP contribution in [0, 0.1) is 0 Å². The van der Waals surface area contributed by atoms with Gasteiger partial charge in [-0.15, -0.1) is 0 Å². The van der Waals surface area contributed by atoms with Crippen LogP contribution in [0.25, 0.3) is 0 Å². The Morgan fingerprint density at radius 2 is 2.54 bits per heavy atom. The zero-order chi connectivity index (χ0) is 9.52. The average molecular weight is 197 g/mol. The SMILES string of the molecule is CSCC(Cc1cccnc1)NN. The molecule has 0 aromatic carbocycles. The second kappa shape index (κ2) is 5.96. The van der Waals surface area contributed by atoms with Crippen molar-refractivity contribution in [1.29, 1.82) is 0 Å². The summed E-state index contributed by atoms with van der Waals surface area (Å²) < 4.78 is 0. The molecule has 0 amide bonds. The molecule has 0 radical (unpaired) electrons. The monoisotopic (exact) mass is 197 g/mol. The molecule has 0 fully saturated rings. The van der Waals surface area contributed by atoms with Gasteiger partial charge in [-0.25, -0.2) is 0 Å². The molecular weight excluding hydrogens is 182 g/mol. The lowest BCUT2D eigenvalue weighted by molar-refractivity contribution is 0.575. The van der Waals surface area contributed by atoms with Gasteiger partial charge in [-0.1, -0.05) is 6.07 Å². The topological polar surface area (TPSA) is 50.9 Å². The van der Waals surface area contributed by atoms with Gasteiger partial charge in [-0.3, -0.25) is 16.3 Å². The number of hydrazine groups is 1. The van der Waals surface area contributed by atoms with Crippen LogP contribution in [0.4, 0.5) is 0 Å². The summed E-state index contributed by atoms with van der Waals surface area (Å²) in [7, 11) is 0. The molecule has 0 aliphatic heterocycles. The standard InChI is InChI=1S/C9H15N3S/c1-13-7-9(12-10)5-8-3-2-4-11-6-8/h2-4,6,9,12H,5,7,10H2,1H3. The Labute approximate surface area is 83.1 Å². The lowest BCUT2D eigenvalue weighted by atomic mass is 10.1. The maximum atomic E-state index is 5.42. The molecule has 3 nitrogen and oxygen atoms in total. The normalized spacial score (nSPS) is 12.8. The third-order valence-corrected chi connectivity index (χ3v) is 2.54. The summed E-state index contributed by atoms with van der Waals surface area (Å²) >= 11 is 1.79. The number of nitrogens with two attached hydrogens (primary N) is 1. The van der Waals surface area contributed by atoms with E-state index in [2.05, 4.69) is 22.7 Å². The van der Waals surface area contributed by atoms with E-state index in [1.54, 1.807) is 18.0 Å². The summed E-state index contributed by atoms with van der Waals surface area (Å²) in [4.78, 5) is 4.06. The van der Waals surface area contributed by atoms with Crippen molar-refractivity contribution in [3.8, 4) is 0 Å². The first-order valence-electron chi connectivity index (χ1n) is 4.20. The first-order chi connectivity index (χ1) is 6.36. The highest BCUT2D eigenvalue weighted by Crippen LogP contribution is 2.04. The number of hydrogen-bond acceptors (Lipinski definition) is 4. The number of thioether (sulfide) groups is 1. The maximum absolute atomic E-state index is 5.42. The molecule has 0 bridgehead atoms. The van der Waals surface area contributed by atoms with Gasteiger partial charge in [0.1, 0.15) is 0 Å². The van der Waals surface area contributed by atoms with Crippen LogP contribution in [0.3, 0.4) is 0 Å². The van der Waals surface area contributed by atoms with Gasteiger partial charge in [0, 0.05) is 24.2 Å². The molecular formula is C9H15N3S. The molecule has 1 aromatic heterocycles. The van der Waals surface area contributed by atoms with Crippen LogP contribution in [0.1, 0.15) is 5.56 Å². The lowest BCUT2D eigenvalue weighted by Crippen LogP contribution is -2.38. The first kappa shape index (κ1) is 10.5. The molecule has 0 aliphatic rings. The van der Waals surface area contributed by atoms with E-state index >= 15 is 0 Å². The van der Waals surface area contributed by atoms with Gasteiger partial charge in [-0.05, 0) is 24.3 Å². The number of pyridine rings is 1. The summed E-state index contributed by atoms with van der Waals surface area (Å²) in [5.74, 6) is 6.44. The molecule has 1 aromatic rings. The Hall–Kier alpha value is -0.580. The van der Waals surface area contributed by atoms with Crippen molar-refractivity contribution in [2.45, 2.75) is 12.5 Å². The van der Waals surface area contributed by atoms with Gasteiger partial charge in [0.05, 0.1) is 0 Å². The molecule has 0 spiro atoms. The fourth-order valence-corrected chi connectivity index (χ4v) is 1.79. The highest BCUT2D eigenvalue weighted by Gasteiger charge is 2.05. The zero-order valence-corrected chi connectivity index (χ0v) is 8.55. The predicted octanol–water partition coefficient (Wildman–Crippen LogP) is 0.819. The Balaban J connectivity index is 2.46. The van der Waals surface area contributed by atoms with Crippen molar-refractivity contribution in [2.75, 3.05) is 12.0 Å². The van der Waals surface area contributed by atoms with Crippen molar-refractivity contribution in [3.05, 3.63) is 30.1 Å². The smallest absolute Gasteiger partial charge is 0.0341 e. The van der Waals surface area contributed by atoms with Crippen molar-refractivity contribution in [2.24, 2.45) is 5.84 Å². The molecule has 72 valence electrons. The van der Waals surface area contributed by atoms with E-state index in [1.165, 1.54) is 5.56 Å². The maximum Gasteiger partial charge on any atom is 0.0341 e. The fourth-order valence-electron chi connectivity index (χ4n) is 1.17. The van der Waals surface area contributed by atoms with Crippen LogP contribution in [0.5, 0.6) is 0 Å². The summed E-state index contributed by atoms with van der Waals surface area (Å²) in [5.41, 5.74) is 4.02. The Morgan fingerprint density at radius 1 is 1.69 bits per heavy atom. The second-order valence-electron chi connectivity index (χ2n) is 2.88. The molecule has 4 heteroatoms. The number of nitrogens with one attached hydrogen (secondary N) is 1. The van der Waals surface area contributed by atoms with Gasteiger partial charge in [-0.2, -0.15) is 11.8 Å². The highest BCUT2D eigenvalue weighted by molar-refractivity contribution is 7.98. The summed E-state index contributed by atoms with van der Waals surface area (Å²) in [6, 6.07) is 4.35. The van der Waals surface area contributed by atoms with Crippen LogP contribution in [0.2, 0.25) is 0 Å². The molecule has 1 atom stereocenters. The van der Waals surface area contributed by atoms with Gasteiger partial charge < -0.3 is 0 Å². The van der Waals surface area contributed by atoms with Crippen LogP contribution < -0.4 is 11.3 Å². The largest absolute Gasteiger partial charge is 0.271 e. The highest BCUT2D eigenvalue weighted by atomic mass is 32.2. The molecule has 13 heavy (non-hydrogen) atoms. The molecule has 1 heterocycles. The van der Waals surface area contributed by atoms with E-state index in [4.69, 9.17) is 5.84 Å². The first-order valence-corrected chi connectivity index (χ1v) is 5.60. The van der Waals surface area contributed by atoms with E-state index in [9.17, 15) is 0 Å². The van der Waals surface area contributed by atoms with Crippen LogP contribution >= 0.6 is 11.8 Å². The van der Waals surface area contributed by atoms with E-state index in [-0.39, 0.29) is 0 Å². The molecule has 0 aliphatic carbocycles. The van der Waals surface area contributed by atoms with Gasteiger partial charge >= 0.3 is 0 Å². The quantitative estimate of drug-likeness (QED) is 0.542. The second-order valence-corrected chi connectivity index (χ2v) is 3.80. The minimum atomic E-state index is 0.333.